The van der Waals surface area contributed by atoms with Gasteiger partial charge in [0.2, 0.25) is 4.91 Å². The minimum atomic E-state index is 0.0193. The number of aromatic hydroxyl groups is 2. The molecule has 2 aromatic carbocycles. The number of nitrogens with zero attached hydrogens (tertiary/aromatic N) is 2. The highest BCUT2D eigenvalue weighted by Gasteiger charge is 1.97. The van der Waals surface area contributed by atoms with Gasteiger partial charge in [-0.1, -0.05) is 24.3 Å². The van der Waals surface area contributed by atoms with E-state index in [1.54, 1.807) is 30.3 Å². The molecule has 0 aliphatic rings. The molecule has 19 heavy (non-hydrogen) atoms. The van der Waals surface area contributed by atoms with E-state index in [0.717, 1.165) is 5.56 Å². The zero-order valence-corrected chi connectivity index (χ0v) is 9.99. The fourth-order valence-electron chi connectivity index (χ4n) is 1.62. The maximum absolute atomic E-state index is 9.35. The fraction of sp³-hybridized carbons (Fsp3) is 0. The van der Waals surface area contributed by atoms with Crippen LogP contribution in [-0.2, 0) is 0 Å². The van der Waals surface area contributed by atoms with Crippen LogP contribution in [0.15, 0.2) is 47.6 Å². The number of phenolic OH excluding ortho intramolecular Hbond substituents is 2. The number of hydrogen-bond donors (Lipinski definition) is 3. The van der Waals surface area contributed by atoms with Crippen molar-refractivity contribution in [2.45, 2.75) is 0 Å². The first kappa shape index (κ1) is 12.5. The third kappa shape index (κ3) is 3.52. The summed E-state index contributed by atoms with van der Waals surface area (Å²) in [6.45, 7) is 0. The summed E-state index contributed by atoms with van der Waals surface area (Å²) >= 11 is 0. The van der Waals surface area contributed by atoms with E-state index in [1.807, 2.05) is 18.2 Å². The van der Waals surface area contributed by atoms with Crippen molar-refractivity contribution >= 4 is 17.8 Å². The minimum absolute atomic E-state index is 0.0193. The quantitative estimate of drug-likeness (QED) is 0.444. The van der Waals surface area contributed by atoms with Gasteiger partial charge in [0.1, 0.15) is 17.0 Å². The second-order valence-corrected chi connectivity index (χ2v) is 3.91. The molecule has 0 aromatic heterocycles. The molecule has 0 heterocycles. The molecule has 2 aromatic rings. The van der Waals surface area contributed by atoms with E-state index >= 15 is 0 Å². The molecule has 0 amide bonds. The van der Waals surface area contributed by atoms with Crippen LogP contribution in [0.2, 0.25) is 0 Å². The highest BCUT2D eigenvalue weighted by Crippen LogP contribution is 2.22. The number of hydrogen-bond acceptors (Lipinski definition) is 4. The predicted molar refractivity (Wildman–Crippen MR) is 72.1 cm³/mol. The summed E-state index contributed by atoms with van der Waals surface area (Å²) in [6, 6.07) is 11.6. The van der Waals surface area contributed by atoms with E-state index in [4.69, 9.17) is 5.53 Å². The minimum Gasteiger partial charge on any atom is -0.508 e. The molecule has 0 bridgehead atoms. The van der Waals surface area contributed by atoms with E-state index in [2.05, 4.69) is 10.0 Å². The third-order valence-electron chi connectivity index (χ3n) is 2.45. The first-order valence-corrected chi connectivity index (χ1v) is 5.56. The standard InChI is InChI=1S/C14H11N3O2/c15-17-16-12-5-3-10(4-6-12)1-2-11-7-13(18)9-14(19)8-11/h1-9,15H,(H-,18,19)/p+1/b2-1+. The van der Waals surface area contributed by atoms with Gasteiger partial charge in [-0.05, 0) is 35.4 Å². The van der Waals surface area contributed by atoms with Gasteiger partial charge in [-0.2, -0.15) is 0 Å². The Hall–Kier alpha value is -2.91. The van der Waals surface area contributed by atoms with Crippen LogP contribution in [-0.4, -0.2) is 10.2 Å². The summed E-state index contributed by atoms with van der Waals surface area (Å²) in [5.74, 6) is 0.0386. The molecule has 2 rings (SSSR count). The molecule has 3 N–H and O–H groups in total. The van der Waals surface area contributed by atoms with Crippen molar-refractivity contribution in [3.05, 3.63) is 53.6 Å². The Morgan fingerprint density at radius 3 is 2.05 bits per heavy atom. The number of nitrogens with one attached hydrogen (secondary N) is 1. The number of phenols is 2. The molecule has 94 valence electrons. The van der Waals surface area contributed by atoms with Gasteiger partial charge in [0.15, 0.2) is 10.8 Å². The van der Waals surface area contributed by atoms with E-state index in [0.29, 0.717) is 11.3 Å². The van der Waals surface area contributed by atoms with Gasteiger partial charge >= 0.3 is 0 Å². The lowest BCUT2D eigenvalue weighted by molar-refractivity contribution is 0.450. The normalized spacial score (nSPS) is 10.3. The average molecular weight is 254 g/mol. The monoisotopic (exact) mass is 254 g/mol. The number of benzene rings is 2. The van der Waals surface area contributed by atoms with Crippen LogP contribution in [0.3, 0.4) is 0 Å². The molecule has 0 aliphatic carbocycles. The summed E-state index contributed by atoms with van der Waals surface area (Å²) < 4.78 is 0. The van der Waals surface area contributed by atoms with Crippen LogP contribution in [0, 0.1) is 5.53 Å². The van der Waals surface area contributed by atoms with E-state index < -0.39 is 0 Å². The van der Waals surface area contributed by atoms with Gasteiger partial charge in [-0.25, -0.2) is 0 Å². The topological polar surface area (TPSA) is 90.8 Å². The molecule has 0 saturated carbocycles. The van der Waals surface area contributed by atoms with Crippen LogP contribution >= 0.6 is 0 Å². The van der Waals surface area contributed by atoms with Crippen molar-refractivity contribution < 1.29 is 10.2 Å². The van der Waals surface area contributed by atoms with E-state index in [9.17, 15) is 10.2 Å². The molecule has 0 aliphatic heterocycles. The molecule has 0 saturated heterocycles. The molecule has 0 unspecified atom stereocenters. The van der Waals surface area contributed by atoms with E-state index in [-0.39, 0.29) is 11.5 Å². The Bertz CT molecular complexity index is 637. The Morgan fingerprint density at radius 2 is 1.47 bits per heavy atom. The lowest BCUT2D eigenvalue weighted by Crippen LogP contribution is -1.74. The van der Waals surface area contributed by atoms with Crippen molar-refractivity contribution in [2.24, 2.45) is 5.11 Å². The second-order valence-electron chi connectivity index (χ2n) is 3.91. The van der Waals surface area contributed by atoms with Gasteiger partial charge in [0.05, 0.1) is 0 Å². The van der Waals surface area contributed by atoms with Crippen LogP contribution in [0.25, 0.3) is 12.2 Å². The van der Waals surface area contributed by atoms with Crippen molar-refractivity contribution in [3.8, 4) is 11.5 Å². The van der Waals surface area contributed by atoms with Gasteiger partial charge < -0.3 is 10.2 Å². The zero-order chi connectivity index (χ0) is 13.7. The maximum atomic E-state index is 9.35. The Morgan fingerprint density at radius 1 is 0.895 bits per heavy atom. The van der Waals surface area contributed by atoms with Crippen molar-refractivity contribution in [2.75, 3.05) is 0 Å². The molecule has 5 nitrogen and oxygen atoms in total. The first-order chi connectivity index (χ1) is 9.17. The Balaban J connectivity index is 2.19. The second kappa shape index (κ2) is 5.62. The van der Waals surface area contributed by atoms with Crippen LogP contribution in [0.1, 0.15) is 11.1 Å². The van der Waals surface area contributed by atoms with Crippen LogP contribution < -0.4 is 4.91 Å². The van der Waals surface area contributed by atoms with Crippen LogP contribution in [0.5, 0.6) is 11.5 Å². The molecule has 0 atom stereocenters. The summed E-state index contributed by atoms with van der Waals surface area (Å²) in [7, 11) is 0. The summed E-state index contributed by atoms with van der Waals surface area (Å²) in [4.78, 5) is 2.95. The van der Waals surface area contributed by atoms with E-state index in [1.165, 1.54) is 6.07 Å². The van der Waals surface area contributed by atoms with Gasteiger partial charge in [-0.3, -0.25) is 0 Å². The van der Waals surface area contributed by atoms with Gasteiger partial charge in [-0.15, -0.1) is 0 Å². The molecule has 0 spiro atoms. The van der Waals surface area contributed by atoms with Gasteiger partial charge in [0.25, 0.3) is 0 Å². The molecule has 0 radical (unpaired) electrons. The SMILES string of the molecule is N=[N+]=Nc1ccc(/C=C/c2cc(O)cc(O)c2)cc1. The lowest BCUT2D eigenvalue weighted by atomic mass is 10.1. The molecule has 5 heteroatoms. The van der Waals surface area contributed by atoms with Crippen molar-refractivity contribution in [1.29, 1.82) is 5.53 Å². The van der Waals surface area contributed by atoms with Crippen molar-refractivity contribution in [1.82, 2.24) is 4.91 Å². The summed E-state index contributed by atoms with van der Waals surface area (Å²) in [5.41, 5.74) is 8.88. The Labute approximate surface area is 109 Å². The zero-order valence-electron chi connectivity index (χ0n) is 9.99. The summed E-state index contributed by atoms with van der Waals surface area (Å²) in [6.07, 6.45) is 3.62. The summed E-state index contributed by atoms with van der Waals surface area (Å²) in [5, 5.41) is 22.3. The average Bonchev–Trinajstić information content (AvgIpc) is 2.37. The highest BCUT2D eigenvalue weighted by atomic mass is 16.3. The largest absolute Gasteiger partial charge is 0.508 e. The Kier molecular flexibility index (Phi) is 3.71. The van der Waals surface area contributed by atoms with Gasteiger partial charge in [0, 0.05) is 6.07 Å². The fourth-order valence-corrected chi connectivity index (χ4v) is 1.62. The van der Waals surface area contributed by atoms with Crippen molar-refractivity contribution in [3.63, 3.8) is 0 Å². The van der Waals surface area contributed by atoms with Crippen LogP contribution in [0.4, 0.5) is 5.69 Å². The smallest absolute Gasteiger partial charge is 0.220 e. The first-order valence-electron chi connectivity index (χ1n) is 5.56. The maximum Gasteiger partial charge on any atom is 0.220 e. The number of rotatable bonds is 3. The predicted octanol–water partition coefficient (Wildman–Crippen LogP) is 3.45. The third-order valence-corrected chi connectivity index (χ3v) is 2.45. The molecular weight excluding hydrogens is 242 g/mol. The molecular formula is C14H12N3O2+. The molecule has 0 fully saturated rings. The highest BCUT2D eigenvalue weighted by molar-refractivity contribution is 5.71. The lowest BCUT2D eigenvalue weighted by Gasteiger charge is -1.98.